The van der Waals surface area contributed by atoms with Crippen molar-refractivity contribution in [2.45, 2.75) is 12.5 Å². The van der Waals surface area contributed by atoms with Gasteiger partial charge in [-0.3, -0.25) is 9.59 Å². The molecule has 3 N–H and O–H groups in total. The van der Waals surface area contributed by atoms with E-state index < -0.39 is 30.3 Å². The van der Waals surface area contributed by atoms with Crippen LogP contribution >= 0.6 is 23.2 Å². The summed E-state index contributed by atoms with van der Waals surface area (Å²) >= 11 is 11.6. The first-order valence-electron chi connectivity index (χ1n) is 5.68. The standard InChI is InChI=1S/C13H11Cl2NO5/c14-8-3-1-7(9(15)5-8)2-4-11(17)16-10(13(20)21)6-12(18)19/h1-5,10H,6H2,(H,16,17)(H,18,19)(H,20,21)/b4-2+. The quantitative estimate of drug-likeness (QED) is 0.692. The van der Waals surface area contributed by atoms with Gasteiger partial charge in [0.2, 0.25) is 5.91 Å². The number of hydrogen-bond donors (Lipinski definition) is 3. The lowest BCUT2D eigenvalue weighted by Crippen LogP contribution is -2.41. The first-order valence-corrected chi connectivity index (χ1v) is 6.43. The second-order valence-electron chi connectivity index (χ2n) is 4.00. The molecule has 0 heterocycles. The maximum absolute atomic E-state index is 11.6. The lowest BCUT2D eigenvalue weighted by Gasteiger charge is -2.10. The van der Waals surface area contributed by atoms with Crippen molar-refractivity contribution in [2.24, 2.45) is 0 Å². The molecule has 0 fully saturated rings. The summed E-state index contributed by atoms with van der Waals surface area (Å²) in [5.74, 6) is -3.49. The summed E-state index contributed by atoms with van der Waals surface area (Å²) in [6.07, 6.45) is 1.72. The first kappa shape index (κ1) is 17.0. The monoisotopic (exact) mass is 331 g/mol. The molecule has 112 valence electrons. The topological polar surface area (TPSA) is 104 Å². The third-order valence-corrected chi connectivity index (χ3v) is 2.93. The minimum absolute atomic E-state index is 0.326. The van der Waals surface area contributed by atoms with Gasteiger partial charge >= 0.3 is 11.9 Å². The zero-order valence-electron chi connectivity index (χ0n) is 10.5. The Balaban J connectivity index is 2.73. The highest BCUT2D eigenvalue weighted by Crippen LogP contribution is 2.21. The van der Waals surface area contributed by atoms with Crippen molar-refractivity contribution in [1.82, 2.24) is 5.32 Å². The van der Waals surface area contributed by atoms with E-state index in [2.05, 4.69) is 5.32 Å². The van der Waals surface area contributed by atoms with Crippen LogP contribution in [-0.2, 0) is 14.4 Å². The number of amides is 1. The fraction of sp³-hybridized carbons (Fsp3) is 0.154. The van der Waals surface area contributed by atoms with E-state index in [0.717, 1.165) is 6.08 Å². The van der Waals surface area contributed by atoms with E-state index in [9.17, 15) is 14.4 Å². The van der Waals surface area contributed by atoms with Crippen molar-refractivity contribution in [1.29, 1.82) is 0 Å². The van der Waals surface area contributed by atoms with Crippen LogP contribution in [0.3, 0.4) is 0 Å². The normalized spacial score (nSPS) is 12.1. The first-order chi connectivity index (χ1) is 9.79. The van der Waals surface area contributed by atoms with E-state index in [-0.39, 0.29) is 0 Å². The van der Waals surface area contributed by atoms with E-state index in [0.29, 0.717) is 15.6 Å². The predicted octanol–water partition coefficient (Wildman–Crippen LogP) is 2.05. The van der Waals surface area contributed by atoms with E-state index >= 15 is 0 Å². The molecule has 1 amide bonds. The number of carboxylic acids is 2. The second-order valence-corrected chi connectivity index (χ2v) is 4.84. The average molecular weight is 332 g/mol. The fourth-order valence-electron chi connectivity index (χ4n) is 1.40. The molecule has 1 atom stereocenters. The van der Waals surface area contributed by atoms with E-state index in [1.165, 1.54) is 12.1 Å². The summed E-state index contributed by atoms with van der Waals surface area (Å²) in [5, 5.41) is 20.2. The number of hydrogen-bond acceptors (Lipinski definition) is 3. The lowest BCUT2D eigenvalue weighted by molar-refractivity contribution is -0.146. The largest absolute Gasteiger partial charge is 0.481 e. The molecule has 21 heavy (non-hydrogen) atoms. The highest BCUT2D eigenvalue weighted by molar-refractivity contribution is 6.35. The Kier molecular flexibility index (Phi) is 6.20. The number of carbonyl (C=O) groups excluding carboxylic acids is 1. The van der Waals surface area contributed by atoms with Crippen LogP contribution in [0.15, 0.2) is 24.3 Å². The summed E-state index contributed by atoms with van der Waals surface area (Å²) in [4.78, 5) is 32.9. The number of aliphatic carboxylic acids is 2. The molecular weight excluding hydrogens is 321 g/mol. The molecule has 8 heteroatoms. The number of nitrogens with one attached hydrogen (secondary N) is 1. The van der Waals surface area contributed by atoms with Gasteiger partial charge in [-0.2, -0.15) is 0 Å². The minimum atomic E-state index is -1.50. The van der Waals surface area contributed by atoms with E-state index in [4.69, 9.17) is 33.4 Å². The smallest absolute Gasteiger partial charge is 0.326 e. The second kappa shape index (κ2) is 7.66. The zero-order valence-corrected chi connectivity index (χ0v) is 12.1. The van der Waals surface area contributed by atoms with E-state index in [1.807, 2.05) is 0 Å². The number of rotatable bonds is 6. The molecule has 6 nitrogen and oxygen atoms in total. The summed E-state index contributed by atoms with van der Waals surface area (Å²) in [7, 11) is 0. The maximum Gasteiger partial charge on any atom is 0.326 e. The number of halogens is 2. The Morgan fingerprint density at radius 1 is 1.24 bits per heavy atom. The van der Waals surface area contributed by atoms with Gasteiger partial charge in [0.25, 0.3) is 0 Å². The highest BCUT2D eigenvalue weighted by Gasteiger charge is 2.21. The van der Waals surface area contributed by atoms with Crippen molar-refractivity contribution in [3.63, 3.8) is 0 Å². The summed E-state index contributed by atoms with van der Waals surface area (Å²) in [6, 6.07) is 3.15. The van der Waals surface area contributed by atoms with E-state index in [1.54, 1.807) is 12.1 Å². The molecule has 0 saturated carbocycles. The van der Waals surface area contributed by atoms with Gasteiger partial charge in [-0.15, -0.1) is 0 Å². The van der Waals surface area contributed by atoms with Crippen LogP contribution < -0.4 is 5.32 Å². The van der Waals surface area contributed by atoms with Gasteiger partial charge in [-0.25, -0.2) is 4.79 Å². The van der Waals surface area contributed by atoms with Gasteiger partial charge in [0.1, 0.15) is 6.04 Å². The van der Waals surface area contributed by atoms with Crippen LogP contribution in [0, 0.1) is 0 Å². The van der Waals surface area contributed by atoms with Gasteiger partial charge in [0.15, 0.2) is 0 Å². The van der Waals surface area contributed by atoms with Crippen molar-refractivity contribution < 1.29 is 24.6 Å². The Morgan fingerprint density at radius 2 is 1.90 bits per heavy atom. The minimum Gasteiger partial charge on any atom is -0.481 e. The fourth-order valence-corrected chi connectivity index (χ4v) is 1.87. The molecule has 0 aromatic heterocycles. The van der Waals surface area contributed by atoms with Gasteiger partial charge < -0.3 is 15.5 Å². The highest BCUT2D eigenvalue weighted by atomic mass is 35.5. The predicted molar refractivity (Wildman–Crippen MR) is 77.3 cm³/mol. The van der Waals surface area contributed by atoms with Crippen molar-refractivity contribution in [2.75, 3.05) is 0 Å². The molecule has 1 aromatic carbocycles. The zero-order chi connectivity index (χ0) is 16.0. The number of carboxylic acid groups (broad SMARTS) is 2. The molecule has 1 rings (SSSR count). The van der Waals surface area contributed by atoms with Crippen molar-refractivity contribution >= 4 is 47.1 Å². The molecule has 0 aliphatic rings. The number of benzene rings is 1. The third-order valence-electron chi connectivity index (χ3n) is 2.37. The Bertz CT molecular complexity index is 600. The maximum atomic E-state index is 11.6. The Labute approximate surface area is 130 Å². The molecule has 0 radical (unpaired) electrons. The molecule has 1 unspecified atom stereocenters. The molecule has 0 aliphatic heterocycles. The van der Waals surface area contributed by atoms with Crippen LogP contribution in [0.1, 0.15) is 12.0 Å². The van der Waals surface area contributed by atoms with Crippen LogP contribution in [0.25, 0.3) is 6.08 Å². The average Bonchev–Trinajstić information content (AvgIpc) is 2.36. The molecule has 0 bridgehead atoms. The SMILES string of the molecule is O=C(O)CC(NC(=O)/C=C/c1ccc(Cl)cc1Cl)C(=O)O. The van der Waals surface area contributed by atoms with Gasteiger partial charge in [0.05, 0.1) is 6.42 Å². The molecular formula is C13H11Cl2NO5. The van der Waals surface area contributed by atoms with Crippen LogP contribution in [0.4, 0.5) is 0 Å². The molecule has 0 aliphatic carbocycles. The van der Waals surface area contributed by atoms with Gasteiger partial charge in [0, 0.05) is 16.1 Å². The van der Waals surface area contributed by atoms with Crippen LogP contribution in [0.2, 0.25) is 10.0 Å². The molecule has 0 spiro atoms. The van der Waals surface area contributed by atoms with Crippen molar-refractivity contribution in [3.8, 4) is 0 Å². The summed E-state index contributed by atoms with van der Waals surface area (Å²) in [5.41, 5.74) is 0.515. The van der Waals surface area contributed by atoms with Crippen LogP contribution in [-0.4, -0.2) is 34.1 Å². The van der Waals surface area contributed by atoms with Crippen molar-refractivity contribution in [3.05, 3.63) is 39.9 Å². The Morgan fingerprint density at radius 3 is 2.43 bits per heavy atom. The molecule has 0 saturated heterocycles. The van der Waals surface area contributed by atoms with Gasteiger partial charge in [-0.05, 0) is 23.8 Å². The molecule has 1 aromatic rings. The van der Waals surface area contributed by atoms with Crippen LogP contribution in [0.5, 0.6) is 0 Å². The summed E-state index contributed by atoms with van der Waals surface area (Å²) in [6.45, 7) is 0. The number of carbonyl (C=O) groups is 3. The summed E-state index contributed by atoms with van der Waals surface area (Å²) < 4.78 is 0. The lowest BCUT2D eigenvalue weighted by atomic mass is 10.2. The third kappa shape index (κ3) is 5.85. The Hall–Kier alpha value is -2.05. The van der Waals surface area contributed by atoms with Gasteiger partial charge in [-0.1, -0.05) is 29.3 Å².